The predicted octanol–water partition coefficient (Wildman–Crippen LogP) is 0.758. The molecule has 0 aromatic carbocycles. The molecule has 0 bridgehead atoms. The molecule has 1 aliphatic heterocycles. The quantitative estimate of drug-likeness (QED) is 0.763. The summed E-state index contributed by atoms with van der Waals surface area (Å²) in [7, 11) is 0. The summed E-state index contributed by atoms with van der Waals surface area (Å²) in [5.74, 6) is 0.828. The van der Waals surface area contributed by atoms with E-state index in [9.17, 15) is 0 Å². The van der Waals surface area contributed by atoms with Crippen LogP contribution in [0.1, 0.15) is 38.1 Å². The van der Waals surface area contributed by atoms with Crippen LogP contribution in [-0.2, 0) is 19.7 Å². The van der Waals surface area contributed by atoms with E-state index >= 15 is 0 Å². The zero-order chi connectivity index (χ0) is 13.7. The van der Waals surface area contributed by atoms with E-state index in [1.54, 1.807) is 0 Å². The van der Waals surface area contributed by atoms with Crippen LogP contribution in [0.15, 0.2) is 4.52 Å². The monoisotopic (exact) mass is 271 g/mol. The third-order valence-electron chi connectivity index (χ3n) is 2.79. The standard InChI is InChI=1S/C12H21N3O4/c1-3-4-17-8-12(2,13)11-14-10(19-15-11)9-7-16-5-6-18-9/h9H,3-8,13H2,1-2H3. The third kappa shape index (κ3) is 3.73. The van der Waals surface area contributed by atoms with E-state index in [1.165, 1.54) is 0 Å². The largest absolute Gasteiger partial charge is 0.379 e. The van der Waals surface area contributed by atoms with Crippen molar-refractivity contribution in [1.82, 2.24) is 10.1 Å². The maximum absolute atomic E-state index is 6.14. The second-order valence-corrected chi connectivity index (χ2v) is 4.86. The first-order valence-electron chi connectivity index (χ1n) is 6.53. The van der Waals surface area contributed by atoms with Crippen molar-refractivity contribution in [3.8, 4) is 0 Å². The van der Waals surface area contributed by atoms with E-state index < -0.39 is 5.54 Å². The molecule has 0 radical (unpaired) electrons. The molecule has 0 aliphatic carbocycles. The van der Waals surface area contributed by atoms with Gasteiger partial charge in [0.05, 0.1) is 26.4 Å². The van der Waals surface area contributed by atoms with Crippen molar-refractivity contribution in [1.29, 1.82) is 0 Å². The molecule has 2 heterocycles. The van der Waals surface area contributed by atoms with E-state index in [1.807, 2.05) is 13.8 Å². The minimum atomic E-state index is -0.771. The molecule has 2 atom stereocenters. The molecule has 2 unspecified atom stereocenters. The Bertz CT molecular complexity index is 388. The molecule has 2 rings (SSSR count). The lowest BCUT2D eigenvalue weighted by Gasteiger charge is -2.21. The van der Waals surface area contributed by atoms with Crippen LogP contribution < -0.4 is 5.73 Å². The smallest absolute Gasteiger partial charge is 0.258 e. The molecule has 0 spiro atoms. The van der Waals surface area contributed by atoms with Crippen LogP contribution in [0.5, 0.6) is 0 Å². The highest BCUT2D eigenvalue weighted by atomic mass is 16.6. The molecular formula is C12H21N3O4. The number of ether oxygens (including phenoxy) is 3. The molecule has 0 amide bonds. The van der Waals surface area contributed by atoms with E-state index in [0.29, 0.717) is 44.7 Å². The van der Waals surface area contributed by atoms with Gasteiger partial charge in [-0.05, 0) is 13.3 Å². The van der Waals surface area contributed by atoms with Crippen molar-refractivity contribution in [2.24, 2.45) is 5.73 Å². The van der Waals surface area contributed by atoms with E-state index in [2.05, 4.69) is 10.1 Å². The van der Waals surface area contributed by atoms with Crippen molar-refractivity contribution >= 4 is 0 Å². The van der Waals surface area contributed by atoms with E-state index in [-0.39, 0.29) is 6.10 Å². The van der Waals surface area contributed by atoms with Gasteiger partial charge in [0.15, 0.2) is 11.9 Å². The zero-order valence-electron chi connectivity index (χ0n) is 11.4. The van der Waals surface area contributed by atoms with Gasteiger partial charge in [-0.1, -0.05) is 12.1 Å². The number of rotatable bonds is 6. The summed E-state index contributed by atoms with van der Waals surface area (Å²) in [6.07, 6.45) is 0.642. The van der Waals surface area contributed by atoms with Gasteiger partial charge in [-0.25, -0.2) is 0 Å². The Morgan fingerprint density at radius 2 is 2.32 bits per heavy atom. The summed E-state index contributed by atoms with van der Waals surface area (Å²) >= 11 is 0. The minimum absolute atomic E-state index is 0.303. The SMILES string of the molecule is CCCOCC(C)(N)c1noc(C2COCCO2)n1. The Morgan fingerprint density at radius 1 is 1.47 bits per heavy atom. The topological polar surface area (TPSA) is 92.6 Å². The molecule has 1 fully saturated rings. The van der Waals surface area contributed by atoms with Crippen molar-refractivity contribution < 1.29 is 18.7 Å². The maximum Gasteiger partial charge on any atom is 0.258 e. The van der Waals surface area contributed by atoms with Crippen LogP contribution in [0.25, 0.3) is 0 Å². The van der Waals surface area contributed by atoms with Crippen LogP contribution in [-0.4, -0.2) is 43.2 Å². The van der Waals surface area contributed by atoms with Gasteiger partial charge in [0.2, 0.25) is 0 Å². The fourth-order valence-electron chi connectivity index (χ4n) is 1.72. The molecular weight excluding hydrogens is 250 g/mol. The van der Waals surface area contributed by atoms with Gasteiger partial charge in [-0.15, -0.1) is 0 Å². The highest BCUT2D eigenvalue weighted by Gasteiger charge is 2.30. The first kappa shape index (κ1) is 14.4. The van der Waals surface area contributed by atoms with Gasteiger partial charge in [0.25, 0.3) is 5.89 Å². The molecule has 7 heteroatoms. The Balaban J connectivity index is 1.98. The highest BCUT2D eigenvalue weighted by molar-refractivity contribution is 5.03. The Labute approximate surface area is 112 Å². The number of nitrogens with zero attached hydrogens (tertiary/aromatic N) is 2. The van der Waals surface area contributed by atoms with Gasteiger partial charge < -0.3 is 24.5 Å². The molecule has 19 heavy (non-hydrogen) atoms. The molecule has 1 aliphatic rings. The number of aromatic nitrogens is 2. The molecule has 2 N–H and O–H groups in total. The van der Waals surface area contributed by atoms with Crippen LogP contribution >= 0.6 is 0 Å². The summed E-state index contributed by atoms with van der Waals surface area (Å²) in [6.45, 7) is 6.42. The molecule has 1 aromatic rings. The average molecular weight is 271 g/mol. The fraction of sp³-hybridized carbons (Fsp3) is 0.833. The minimum Gasteiger partial charge on any atom is -0.379 e. The number of hydrogen-bond donors (Lipinski definition) is 1. The highest BCUT2D eigenvalue weighted by Crippen LogP contribution is 2.22. The molecule has 1 saturated heterocycles. The first-order chi connectivity index (χ1) is 9.13. The summed E-state index contributed by atoms with van der Waals surface area (Å²) in [5, 5.41) is 3.92. The average Bonchev–Trinajstić information content (AvgIpc) is 2.90. The van der Waals surface area contributed by atoms with Crippen molar-refractivity contribution in [3.63, 3.8) is 0 Å². The number of nitrogens with two attached hydrogens (primary N) is 1. The van der Waals surface area contributed by atoms with Crippen LogP contribution in [0, 0.1) is 0 Å². The van der Waals surface area contributed by atoms with Gasteiger partial charge in [-0.3, -0.25) is 0 Å². The molecule has 7 nitrogen and oxygen atoms in total. The Kier molecular flexibility index (Phi) is 4.87. The van der Waals surface area contributed by atoms with Crippen molar-refractivity contribution in [2.45, 2.75) is 31.9 Å². The Morgan fingerprint density at radius 3 is 3.00 bits per heavy atom. The van der Waals surface area contributed by atoms with Crippen molar-refractivity contribution in [3.05, 3.63) is 11.7 Å². The zero-order valence-corrected chi connectivity index (χ0v) is 11.4. The second kappa shape index (κ2) is 6.42. The summed E-state index contributed by atoms with van der Waals surface area (Å²) in [6, 6.07) is 0. The summed E-state index contributed by atoms with van der Waals surface area (Å²) < 4.78 is 21.4. The summed E-state index contributed by atoms with van der Waals surface area (Å²) in [4.78, 5) is 4.30. The maximum atomic E-state index is 6.14. The van der Waals surface area contributed by atoms with Crippen LogP contribution in [0.2, 0.25) is 0 Å². The lowest BCUT2D eigenvalue weighted by atomic mass is 10.1. The lowest BCUT2D eigenvalue weighted by molar-refractivity contribution is -0.101. The number of hydrogen-bond acceptors (Lipinski definition) is 7. The van der Waals surface area contributed by atoms with Gasteiger partial charge in [-0.2, -0.15) is 4.98 Å². The van der Waals surface area contributed by atoms with Gasteiger partial charge in [0, 0.05) is 6.61 Å². The van der Waals surface area contributed by atoms with E-state index in [4.69, 9.17) is 24.5 Å². The molecule has 1 aromatic heterocycles. The first-order valence-corrected chi connectivity index (χ1v) is 6.53. The fourth-order valence-corrected chi connectivity index (χ4v) is 1.72. The van der Waals surface area contributed by atoms with Crippen molar-refractivity contribution in [2.75, 3.05) is 33.0 Å². The summed E-state index contributed by atoms with van der Waals surface area (Å²) in [5.41, 5.74) is 5.37. The predicted molar refractivity (Wildman–Crippen MR) is 66.5 cm³/mol. The van der Waals surface area contributed by atoms with Gasteiger partial charge >= 0.3 is 0 Å². The van der Waals surface area contributed by atoms with Crippen LogP contribution in [0.3, 0.4) is 0 Å². The third-order valence-corrected chi connectivity index (χ3v) is 2.79. The second-order valence-electron chi connectivity index (χ2n) is 4.86. The normalized spacial score (nSPS) is 23.2. The molecule has 108 valence electrons. The van der Waals surface area contributed by atoms with E-state index in [0.717, 1.165) is 6.42 Å². The van der Waals surface area contributed by atoms with Gasteiger partial charge in [0.1, 0.15) is 5.54 Å². The van der Waals surface area contributed by atoms with Crippen LogP contribution in [0.4, 0.5) is 0 Å². The lowest BCUT2D eigenvalue weighted by Crippen LogP contribution is -2.39. The molecule has 0 saturated carbocycles. The Hall–Kier alpha value is -1.02.